The van der Waals surface area contributed by atoms with Crippen LogP contribution in [0.15, 0.2) is 109 Å². The Morgan fingerprint density at radius 2 is 1.00 bits per heavy atom. The predicted octanol–water partition coefficient (Wildman–Crippen LogP) is 8.44. The summed E-state index contributed by atoms with van der Waals surface area (Å²) in [4.78, 5) is 23.4. The van der Waals surface area contributed by atoms with Crippen LogP contribution in [0.3, 0.4) is 0 Å². The second kappa shape index (κ2) is 14.5. The van der Waals surface area contributed by atoms with Crippen molar-refractivity contribution in [1.29, 1.82) is 0 Å². The molecule has 0 fully saturated rings. The van der Waals surface area contributed by atoms with E-state index in [4.69, 9.17) is 18.9 Å². The molecule has 0 aliphatic heterocycles. The summed E-state index contributed by atoms with van der Waals surface area (Å²) in [6.45, 7) is 16.1. The molecule has 0 amide bonds. The molecule has 0 radical (unpaired) electrons. The molecule has 0 spiro atoms. The number of hydrogen-bond acceptors (Lipinski definition) is 6. The van der Waals surface area contributed by atoms with Crippen molar-refractivity contribution in [2.75, 3.05) is 26.4 Å². The van der Waals surface area contributed by atoms with Crippen LogP contribution in [0.2, 0.25) is 0 Å². The molecule has 0 atom stereocenters. The molecule has 1 aliphatic carbocycles. The molecule has 0 saturated heterocycles. The van der Waals surface area contributed by atoms with Gasteiger partial charge in [-0.15, -0.1) is 0 Å². The van der Waals surface area contributed by atoms with Gasteiger partial charge in [0.2, 0.25) is 0 Å². The van der Waals surface area contributed by atoms with Crippen LogP contribution in [0, 0.1) is 13.8 Å². The highest BCUT2D eigenvalue weighted by Gasteiger charge is 2.46. The third-order valence-corrected chi connectivity index (χ3v) is 8.42. The van der Waals surface area contributed by atoms with Gasteiger partial charge < -0.3 is 18.9 Å². The van der Waals surface area contributed by atoms with Crippen molar-refractivity contribution in [3.05, 3.63) is 143 Å². The van der Waals surface area contributed by atoms with Crippen molar-refractivity contribution < 1.29 is 28.5 Å². The van der Waals surface area contributed by atoms with E-state index in [0.29, 0.717) is 37.2 Å². The van der Waals surface area contributed by atoms with Gasteiger partial charge in [0.1, 0.15) is 11.5 Å². The lowest BCUT2D eigenvalue weighted by molar-refractivity contribution is -0.140. The fourth-order valence-electron chi connectivity index (χ4n) is 6.17. The Balaban J connectivity index is 1.45. The molecule has 242 valence electrons. The predicted molar refractivity (Wildman–Crippen MR) is 185 cm³/mol. The number of ether oxygens (including phenoxy) is 4. The van der Waals surface area contributed by atoms with Crippen molar-refractivity contribution in [2.24, 2.45) is 0 Å². The van der Waals surface area contributed by atoms with E-state index in [9.17, 15) is 9.59 Å². The average Bonchev–Trinajstić information content (AvgIpc) is 3.36. The van der Waals surface area contributed by atoms with Crippen LogP contribution in [-0.4, -0.2) is 38.4 Å². The van der Waals surface area contributed by atoms with Crippen molar-refractivity contribution in [1.82, 2.24) is 0 Å². The van der Waals surface area contributed by atoms with Crippen molar-refractivity contribution in [2.45, 2.75) is 46.0 Å². The lowest BCUT2D eigenvalue weighted by Crippen LogP contribution is -2.29. The largest absolute Gasteiger partial charge is 0.493 e. The van der Waals surface area contributed by atoms with E-state index in [2.05, 4.69) is 99.8 Å². The molecule has 6 heteroatoms. The van der Waals surface area contributed by atoms with Gasteiger partial charge in [0.15, 0.2) is 0 Å². The lowest BCUT2D eigenvalue weighted by Gasteiger charge is -2.34. The number of rotatable bonds is 14. The highest BCUT2D eigenvalue weighted by molar-refractivity contribution is 5.88. The highest BCUT2D eigenvalue weighted by atomic mass is 16.5. The minimum absolute atomic E-state index is 0.279. The van der Waals surface area contributed by atoms with Gasteiger partial charge in [0.25, 0.3) is 0 Å². The molecule has 6 nitrogen and oxygen atoms in total. The molecule has 0 heterocycles. The molecular weight excluding hydrogens is 588 g/mol. The van der Waals surface area contributed by atoms with E-state index >= 15 is 0 Å². The van der Waals surface area contributed by atoms with Gasteiger partial charge in [-0.1, -0.05) is 86.0 Å². The Morgan fingerprint density at radius 1 is 0.596 bits per heavy atom. The topological polar surface area (TPSA) is 71.1 Å². The quantitative estimate of drug-likeness (QED) is 0.0697. The van der Waals surface area contributed by atoms with Crippen LogP contribution in [-0.2, 0) is 24.5 Å². The molecule has 0 unspecified atom stereocenters. The van der Waals surface area contributed by atoms with Gasteiger partial charge >= 0.3 is 11.9 Å². The first kappa shape index (κ1) is 33.3. The Labute approximate surface area is 277 Å². The molecule has 0 aromatic heterocycles. The molecule has 0 bridgehead atoms. The summed E-state index contributed by atoms with van der Waals surface area (Å²) >= 11 is 0. The van der Waals surface area contributed by atoms with Gasteiger partial charge in [-0.05, 0) is 84.3 Å². The van der Waals surface area contributed by atoms with E-state index in [1.807, 2.05) is 12.1 Å². The smallest absolute Gasteiger partial charge is 0.333 e. The number of hydrogen-bond donors (Lipinski definition) is 0. The second-order valence-electron chi connectivity index (χ2n) is 12.0. The normalized spacial score (nSPS) is 12.4. The zero-order chi connectivity index (χ0) is 33.6. The zero-order valence-electron chi connectivity index (χ0n) is 27.7. The van der Waals surface area contributed by atoms with Crippen molar-refractivity contribution in [3.63, 3.8) is 0 Å². The fourth-order valence-corrected chi connectivity index (χ4v) is 6.17. The minimum Gasteiger partial charge on any atom is -0.493 e. The Morgan fingerprint density at radius 3 is 1.38 bits per heavy atom. The highest BCUT2D eigenvalue weighted by Crippen LogP contribution is 2.56. The van der Waals surface area contributed by atoms with Crippen LogP contribution in [0.4, 0.5) is 0 Å². The summed E-state index contributed by atoms with van der Waals surface area (Å²) in [6.07, 6.45) is 1.16. The maximum atomic E-state index is 11.7. The zero-order valence-corrected chi connectivity index (χ0v) is 27.7. The van der Waals surface area contributed by atoms with Crippen LogP contribution in [0.25, 0.3) is 11.1 Å². The maximum absolute atomic E-state index is 11.7. The van der Waals surface area contributed by atoms with E-state index in [1.165, 1.54) is 22.3 Å². The number of aryl methyl sites for hydroxylation is 2. The molecule has 4 aromatic carbocycles. The van der Waals surface area contributed by atoms with Crippen molar-refractivity contribution in [3.8, 4) is 22.6 Å². The maximum Gasteiger partial charge on any atom is 0.333 e. The summed E-state index contributed by atoms with van der Waals surface area (Å²) in [6, 6.07) is 30.1. The number of esters is 2. The third kappa shape index (κ3) is 6.87. The van der Waals surface area contributed by atoms with Crippen LogP contribution < -0.4 is 9.47 Å². The molecule has 0 saturated carbocycles. The number of carbonyl (C=O) groups is 2. The lowest BCUT2D eigenvalue weighted by atomic mass is 9.67. The van der Waals surface area contributed by atoms with Gasteiger partial charge in [-0.25, -0.2) is 9.59 Å². The van der Waals surface area contributed by atoms with E-state index in [1.54, 1.807) is 13.8 Å². The molecular formula is C41H42O6. The third-order valence-electron chi connectivity index (χ3n) is 8.42. The summed E-state index contributed by atoms with van der Waals surface area (Å²) < 4.78 is 22.7. The van der Waals surface area contributed by atoms with Crippen molar-refractivity contribution >= 4 is 11.9 Å². The summed E-state index contributed by atoms with van der Waals surface area (Å²) in [5.74, 6) is 0.820. The molecule has 1 aliphatic rings. The second-order valence-corrected chi connectivity index (χ2v) is 12.0. The summed E-state index contributed by atoms with van der Waals surface area (Å²) in [5, 5.41) is 0. The Kier molecular flexibility index (Phi) is 10.3. The van der Waals surface area contributed by atoms with Gasteiger partial charge in [-0.3, -0.25) is 0 Å². The van der Waals surface area contributed by atoms with Gasteiger partial charge in [0.05, 0.1) is 31.8 Å². The molecule has 47 heavy (non-hydrogen) atoms. The first-order valence-electron chi connectivity index (χ1n) is 16.0. The summed E-state index contributed by atoms with van der Waals surface area (Å²) in [5.41, 5.74) is 9.41. The minimum atomic E-state index is -0.562. The van der Waals surface area contributed by atoms with E-state index in [-0.39, 0.29) is 25.2 Å². The van der Waals surface area contributed by atoms with Gasteiger partial charge in [0, 0.05) is 24.0 Å². The molecule has 4 aromatic rings. The van der Waals surface area contributed by atoms with Gasteiger partial charge in [-0.2, -0.15) is 0 Å². The number of fused-ring (bicyclic) bond motifs is 3. The summed E-state index contributed by atoms with van der Waals surface area (Å²) in [7, 11) is 0. The Hall–Kier alpha value is -5.10. The average molecular weight is 631 g/mol. The molecule has 0 N–H and O–H groups in total. The number of carbonyl (C=O) groups excluding carboxylic acids is 2. The standard InChI is InChI=1S/C41H42O6/c1-27(2)39(42)46-23-11-21-44-37-19-17-31(25-29(37)5)41(35-15-9-7-13-33(35)34-14-8-10-16-36(34)41)32-18-20-38(30(6)26-32)45-22-12-24-47-40(43)28(3)4/h7-10,13-20,25-26H,1,3,11-12,21-24H2,2,4-6H3. The molecule has 5 rings (SSSR count). The first-order chi connectivity index (χ1) is 22.6. The van der Waals surface area contributed by atoms with Crippen LogP contribution in [0.5, 0.6) is 11.5 Å². The van der Waals surface area contributed by atoms with Crippen LogP contribution >= 0.6 is 0 Å². The van der Waals surface area contributed by atoms with Crippen LogP contribution in [0.1, 0.15) is 60.1 Å². The fraction of sp³-hybridized carbons (Fsp3) is 0.268. The first-order valence-corrected chi connectivity index (χ1v) is 16.0. The van der Waals surface area contributed by atoms with E-state index in [0.717, 1.165) is 33.8 Å². The monoisotopic (exact) mass is 630 g/mol. The van der Waals surface area contributed by atoms with E-state index < -0.39 is 5.41 Å². The number of benzene rings is 4. The SMILES string of the molecule is C=C(C)C(=O)OCCCOc1ccc(C2(c3ccc(OCCCOC(=O)C(=C)C)c(C)c3)c3ccccc3-c3ccccc32)cc1C. The Bertz CT molecular complexity index is 1680.